The highest BCUT2D eigenvalue weighted by Gasteiger charge is 2.14. The van der Waals surface area contributed by atoms with Crippen molar-refractivity contribution in [3.05, 3.63) is 60.0 Å². The predicted molar refractivity (Wildman–Crippen MR) is 81.0 cm³/mol. The maximum Gasteiger partial charge on any atom is 0.272 e. The summed E-state index contributed by atoms with van der Waals surface area (Å²) in [4.78, 5) is 16.2. The van der Waals surface area contributed by atoms with E-state index in [2.05, 4.69) is 15.4 Å². The van der Waals surface area contributed by atoms with E-state index in [9.17, 15) is 4.79 Å². The second-order valence-electron chi connectivity index (χ2n) is 4.85. The molecular weight excluding hydrogens is 264 g/mol. The molecule has 0 aliphatic rings. The molecule has 21 heavy (non-hydrogen) atoms. The van der Waals surface area contributed by atoms with Crippen molar-refractivity contribution in [2.24, 2.45) is 7.05 Å². The zero-order valence-electron chi connectivity index (χ0n) is 11.8. The van der Waals surface area contributed by atoms with Gasteiger partial charge in [-0.15, -0.1) is 0 Å². The maximum atomic E-state index is 12.3. The molecule has 3 aromatic rings. The summed E-state index contributed by atoms with van der Waals surface area (Å²) in [5, 5.41) is 8.10. The summed E-state index contributed by atoms with van der Waals surface area (Å²) in [5.41, 5.74) is 2.58. The van der Waals surface area contributed by atoms with Crippen LogP contribution in [-0.4, -0.2) is 27.2 Å². The summed E-state index contributed by atoms with van der Waals surface area (Å²) < 4.78 is 1.73. The number of rotatable bonds is 4. The Morgan fingerprint density at radius 1 is 1.19 bits per heavy atom. The fourth-order valence-electron chi connectivity index (χ4n) is 2.34. The van der Waals surface area contributed by atoms with Gasteiger partial charge in [-0.25, -0.2) is 0 Å². The Balaban J connectivity index is 1.70. The quantitative estimate of drug-likeness (QED) is 0.794. The lowest BCUT2D eigenvalue weighted by Gasteiger charge is -2.03. The molecule has 0 radical (unpaired) electrons. The Kier molecular flexibility index (Phi) is 3.64. The Labute approximate surface area is 122 Å². The highest BCUT2D eigenvalue weighted by Crippen LogP contribution is 2.17. The summed E-state index contributed by atoms with van der Waals surface area (Å²) in [5.74, 6) is -0.138. The Morgan fingerprint density at radius 3 is 2.76 bits per heavy atom. The number of aromatic nitrogens is 3. The van der Waals surface area contributed by atoms with Crippen LogP contribution in [0.25, 0.3) is 10.9 Å². The van der Waals surface area contributed by atoms with Gasteiger partial charge in [-0.05, 0) is 30.2 Å². The molecule has 0 aliphatic heterocycles. The van der Waals surface area contributed by atoms with Crippen LogP contribution >= 0.6 is 0 Å². The van der Waals surface area contributed by atoms with Gasteiger partial charge in [0.05, 0.1) is 5.52 Å². The molecule has 0 fully saturated rings. The van der Waals surface area contributed by atoms with Gasteiger partial charge in [0.2, 0.25) is 0 Å². The first-order chi connectivity index (χ1) is 10.3. The molecule has 1 aromatic carbocycles. The lowest BCUT2D eigenvalue weighted by atomic mass is 10.2. The van der Waals surface area contributed by atoms with Crippen LogP contribution in [0.15, 0.2) is 48.8 Å². The average molecular weight is 280 g/mol. The van der Waals surface area contributed by atoms with Crippen molar-refractivity contribution in [1.82, 2.24) is 20.1 Å². The molecule has 0 saturated carbocycles. The molecule has 5 heteroatoms. The normalized spacial score (nSPS) is 10.7. The monoisotopic (exact) mass is 280 g/mol. The maximum absolute atomic E-state index is 12.3. The molecule has 0 atom stereocenters. The SMILES string of the molecule is Cn1nc(C(=O)NCCc2ccncc2)c2ccccc21. The molecule has 1 N–H and O–H groups in total. The predicted octanol–water partition coefficient (Wildman–Crippen LogP) is 1.94. The highest BCUT2D eigenvalue weighted by atomic mass is 16.1. The zero-order chi connectivity index (χ0) is 14.7. The third-order valence-electron chi connectivity index (χ3n) is 3.42. The van der Waals surface area contributed by atoms with Crippen LogP contribution in [0.3, 0.4) is 0 Å². The molecular formula is C16H16N4O. The first-order valence-electron chi connectivity index (χ1n) is 6.84. The van der Waals surface area contributed by atoms with Gasteiger partial charge in [-0.1, -0.05) is 18.2 Å². The first-order valence-corrected chi connectivity index (χ1v) is 6.84. The molecule has 0 spiro atoms. The van der Waals surface area contributed by atoms with E-state index in [0.717, 1.165) is 22.9 Å². The van der Waals surface area contributed by atoms with E-state index < -0.39 is 0 Å². The number of pyridine rings is 1. The molecule has 1 amide bonds. The van der Waals surface area contributed by atoms with Gasteiger partial charge in [0, 0.05) is 31.4 Å². The third-order valence-corrected chi connectivity index (χ3v) is 3.42. The number of carbonyl (C=O) groups excluding carboxylic acids is 1. The standard InChI is InChI=1S/C16H16N4O/c1-20-14-5-3-2-4-13(14)15(19-20)16(21)18-11-8-12-6-9-17-10-7-12/h2-7,9-10H,8,11H2,1H3,(H,18,21). The minimum Gasteiger partial charge on any atom is -0.350 e. The Hall–Kier alpha value is -2.69. The van der Waals surface area contributed by atoms with Gasteiger partial charge in [0.15, 0.2) is 5.69 Å². The number of aryl methyl sites for hydroxylation is 1. The van der Waals surface area contributed by atoms with Crippen LogP contribution in [0.1, 0.15) is 16.1 Å². The van der Waals surface area contributed by atoms with Crippen molar-refractivity contribution in [2.45, 2.75) is 6.42 Å². The van der Waals surface area contributed by atoms with Crippen molar-refractivity contribution >= 4 is 16.8 Å². The van der Waals surface area contributed by atoms with Crippen molar-refractivity contribution in [3.63, 3.8) is 0 Å². The van der Waals surface area contributed by atoms with Gasteiger partial charge < -0.3 is 5.32 Å². The van der Waals surface area contributed by atoms with E-state index in [0.29, 0.717) is 12.2 Å². The van der Waals surface area contributed by atoms with Crippen molar-refractivity contribution in [2.75, 3.05) is 6.54 Å². The summed E-state index contributed by atoms with van der Waals surface area (Å²) in [7, 11) is 1.84. The van der Waals surface area contributed by atoms with Crippen molar-refractivity contribution in [3.8, 4) is 0 Å². The number of hydrogen-bond acceptors (Lipinski definition) is 3. The van der Waals surface area contributed by atoms with Gasteiger partial charge in [0.25, 0.3) is 5.91 Å². The number of para-hydroxylation sites is 1. The van der Waals surface area contributed by atoms with Crippen LogP contribution in [0.5, 0.6) is 0 Å². The van der Waals surface area contributed by atoms with E-state index in [4.69, 9.17) is 0 Å². The van der Waals surface area contributed by atoms with Crippen LogP contribution in [0, 0.1) is 0 Å². The smallest absolute Gasteiger partial charge is 0.272 e. The summed E-state index contributed by atoms with van der Waals surface area (Å²) in [6.45, 7) is 0.577. The lowest BCUT2D eigenvalue weighted by Crippen LogP contribution is -2.26. The van der Waals surface area contributed by atoms with E-state index >= 15 is 0 Å². The van der Waals surface area contributed by atoms with E-state index in [1.807, 2.05) is 43.4 Å². The largest absolute Gasteiger partial charge is 0.350 e. The second kappa shape index (κ2) is 5.75. The molecule has 0 aliphatic carbocycles. The lowest BCUT2D eigenvalue weighted by molar-refractivity contribution is 0.0950. The van der Waals surface area contributed by atoms with E-state index in [-0.39, 0.29) is 5.91 Å². The van der Waals surface area contributed by atoms with Gasteiger partial charge >= 0.3 is 0 Å². The zero-order valence-corrected chi connectivity index (χ0v) is 11.8. The number of benzene rings is 1. The second-order valence-corrected chi connectivity index (χ2v) is 4.85. The molecule has 0 saturated heterocycles. The van der Waals surface area contributed by atoms with Crippen LogP contribution < -0.4 is 5.32 Å². The average Bonchev–Trinajstić information content (AvgIpc) is 2.86. The van der Waals surface area contributed by atoms with Crippen molar-refractivity contribution < 1.29 is 4.79 Å². The molecule has 0 bridgehead atoms. The fraction of sp³-hybridized carbons (Fsp3) is 0.188. The molecule has 106 valence electrons. The molecule has 3 rings (SSSR count). The topological polar surface area (TPSA) is 59.8 Å². The molecule has 2 heterocycles. The molecule has 2 aromatic heterocycles. The number of fused-ring (bicyclic) bond motifs is 1. The number of nitrogens with one attached hydrogen (secondary N) is 1. The summed E-state index contributed by atoms with van der Waals surface area (Å²) in [6.07, 6.45) is 4.28. The first kappa shape index (κ1) is 13.3. The number of nitrogens with zero attached hydrogens (tertiary/aromatic N) is 3. The number of amides is 1. The third kappa shape index (κ3) is 2.76. The molecule has 0 unspecified atom stereocenters. The van der Waals surface area contributed by atoms with Gasteiger partial charge in [-0.3, -0.25) is 14.5 Å². The van der Waals surface area contributed by atoms with Crippen LogP contribution in [0.2, 0.25) is 0 Å². The van der Waals surface area contributed by atoms with Crippen LogP contribution in [0.4, 0.5) is 0 Å². The number of hydrogen-bond donors (Lipinski definition) is 1. The van der Waals surface area contributed by atoms with Gasteiger partial charge in [-0.2, -0.15) is 5.10 Å². The summed E-state index contributed by atoms with van der Waals surface area (Å²) >= 11 is 0. The number of carbonyl (C=O) groups is 1. The van der Waals surface area contributed by atoms with E-state index in [1.165, 1.54) is 0 Å². The minimum absolute atomic E-state index is 0.138. The Bertz CT molecular complexity index is 764. The minimum atomic E-state index is -0.138. The van der Waals surface area contributed by atoms with Gasteiger partial charge in [0.1, 0.15) is 0 Å². The van der Waals surface area contributed by atoms with Crippen molar-refractivity contribution in [1.29, 1.82) is 0 Å². The van der Waals surface area contributed by atoms with Crippen LogP contribution in [-0.2, 0) is 13.5 Å². The summed E-state index contributed by atoms with van der Waals surface area (Å²) in [6, 6.07) is 11.6. The Morgan fingerprint density at radius 2 is 1.95 bits per heavy atom. The fourth-order valence-corrected chi connectivity index (χ4v) is 2.34. The van der Waals surface area contributed by atoms with E-state index in [1.54, 1.807) is 17.1 Å². The highest BCUT2D eigenvalue weighted by molar-refractivity contribution is 6.04. The molecule has 5 nitrogen and oxygen atoms in total.